The van der Waals surface area contributed by atoms with Crippen LogP contribution in [0, 0.1) is 10.1 Å². The summed E-state index contributed by atoms with van der Waals surface area (Å²) in [6, 6.07) is 25.2. The minimum atomic E-state index is -0.377. The van der Waals surface area contributed by atoms with E-state index in [0.717, 1.165) is 33.2 Å². The maximum Gasteiger partial charge on any atom is 0.269 e. The van der Waals surface area contributed by atoms with Crippen LogP contribution < -0.4 is 0 Å². The summed E-state index contributed by atoms with van der Waals surface area (Å²) >= 11 is 3.75. The van der Waals surface area contributed by atoms with Crippen LogP contribution in [0.1, 0.15) is 5.56 Å². The molecule has 0 unspecified atom stereocenters. The van der Waals surface area contributed by atoms with Gasteiger partial charge in [-0.3, -0.25) is 10.1 Å². The van der Waals surface area contributed by atoms with E-state index in [9.17, 15) is 10.1 Å². The molecular formula is C21H15BrN2O2. The summed E-state index contributed by atoms with van der Waals surface area (Å²) in [6.07, 6.45) is 0. The zero-order valence-electron chi connectivity index (χ0n) is 13.8. The van der Waals surface area contributed by atoms with E-state index < -0.39 is 0 Å². The average molecular weight is 407 g/mol. The van der Waals surface area contributed by atoms with Crippen LogP contribution in [0.4, 0.5) is 5.69 Å². The smallest absolute Gasteiger partial charge is 0.269 e. The number of rotatable bonds is 4. The third-order valence-corrected chi connectivity index (χ3v) is 5.25. The molecule has 0 radical (unpaired) electrons. The zero-order chi connectivity index (χ0) is 18.1. The van der Waals surface area contributed by atoms with Gasteiger partial charge in [0.25, 0.3) is 5.69 Å². The first-order valence-electron chi connectivity index (χ1n) is 8.20. The van der Waals surface area contributed by atoms with Gasteiger partial charge in [0.1, 0.15) is 0 Å². The molecule has 3 aromatic carbocycles. The molecule has 0 bridgehead atoms. The number of nitro groups is 1. The van der Waals surface area contributed by atoms with E-state index in [0.29, 0.717) is 0 Å². The Labute approximate surface area is 159 Å². The Bertz CT molecular complexity index is 1090. The summed E-state index contributed by atoms with van der Waals surface area (Å²) in [4.78, 5) is 10.6. The summed E-state index contributed by atoms with van der Waals surface area (Å²) in [5, 5.41) is 12.1. The first kappa shape index (κ1) is 16.5. The van der Waals surface area contributed by atoms with E-state index in [1.807, 2.05) is 30.3 Å². The lowest BCUT2D eigenvalue weighted by molar-refractivity contribution is -0.384. The summed E-state index contributed by atoms with van der Waals surface area (Å²) in [7, 11) is 0. The Balaban J connectivity index is 1.91. The van der Waals surface area contributed by atoms with E-state index in [4.69, 9.17) is 0 Å². The first-order valence-corrected chi connectivity index (χ1v) is 9.00. The van der Waals surface area contributed by atoms with Gasteiger partial charge in [0, 0.05) is 29.6 Å². The molecule has 1 heterocycles. The van der Waals surface area contributed by atoms with Crippen LogP contribution >= 0.6 is 15.9 Å². The Hall–Kier alpha value is -2.92. The number of aromatic nitrogens is 1. The summed E-state index contributed by atoms with van der Waals surface area (Å²) in [5.41, 5.74) is 4.37. The molecule has 0 aliphatic rings. The van der Waals surface area contributed by atoms with Gasteiger partial charge in [0.2, 0.25) is 0 Å². The molecule has 5 heteroatoms. The highest BCUT2D eigenvalue weighted by Gasteiger charge is 2.17. The van der Waals surface area contributed by atoms with Crippen molar-refractivity contribution in [3.8, 4) is 11.3 Å². The molecule has 1 aromatic heterocycles. The van der Waals surface area contributed by atoms with E-state index in [1.54, 1.807) is 24.3 Å². The number of non-ortho nitro benzene ring substituents is 1. The molecule has 0 amide bonds. The molecule has 0 atom stereocenters. The van der Waals surface area contributed by atoms with Gasteiger partial charge in [-0.25, -0.2) is 0 Å². The Kier molecular flexibility index (Phi) is 4.31. The maximum absolute atomic E-state index is 11.0. The molecule has 0 spiro atoms. The number of nitrogens with zero attached hydrogens (tertiary/aromatic N) is 2. The van der Waals surface area contributed by atoms with Gasteiger partial charge >= 0.3 is 0 Å². The van der Waals surface area contributed by atoms with Gasteiger partial charge in [0.15, 0.2) is 0 Å². The normalized spacial score (nSPS) is 11.0. The molecule has 0 saturated carbocycles. The van der Waals surface area contributed by atoms with Gasteiger partial charge in [-0.15, -0.1) is 0 Å². The number of hydrogen-bond acceptors (Lipinski definition) is 2. The van der Waals surface area contributed by atoms with E-state index in [2.05, 4.69) is 44.8 Å². The number of benzene rings is 3. The Morgan fingerprint density at radius 1 is 0.885 bits per heavy atom. The van der Waals surface area contributed by atoms with E-state index in [-0.39, 0.29) is 10.6 Å². The highest BCUT2D eigenvalue weighted by Crippen LogP contribution is 2.38. The van der Waals surface area contributed by atoms with Crippen molar-refractivity contribution in [2.24, 2.45) is 0 Å². The number of nitro benzene ring substituents is 1. The van der Waals surface area contributed by atoms with Crippen LogP contribution in [0.3, 0.4) is 0 Å². The van der Waals surface area contributed by atoms with Gasteiger partial charge in [0.05, 0.1) is 15.1 Å². The van der Waals surface area contributed by atoms with Crippen LogP contribution in [0.25, 0.3) is 22.2 Å². The van der Waals surface area contributed by atoms with Crippen molar-refractivity contribution in [3.63, 3.8) is 0 Å². The predicted molar refractivity (Wildman–Crippen MR) is 107 cm³/mol. The highest BCUT2D eigenvalue weighted by molar-refractivity contribution is 9.10. The van der Waals surface area contributed by atoms with Crippen LogP contribution in [-0.4, -0.2) is 9.49 Å². The van der Waals surface area contributed by atoms with Crippen LogP contribution in [0.15, 0.2) is 83.3 Å². The molecule has 4 rings (SSSR count). The second-order valence-electron chi connectivity index (χ2n) is 6.06. The number of halogens is 1. The molecular weight excluding hydrogens is 392 g/mol. The van der Waals surface area contributed by atoms with Crippen molar-refractivity contribution in [3.05, 3.63) is 99.0 Å². The van der Waals surface area contributed by atoms with Crippen molar-refractivity contribution < 1.29 is 4.92 Å². The van der Waals surface area contributed by atoms with Crippen LogP contribution in [0.5, 0.6) is 0 Å². The molecule has 4 nitrogen and oxygen atoms in total. The van der Waals surface area contributed by atoms with Crippen molar-refractivity contribution in [2.45, 2.75) is 6.54 Å². The molecule has 26 heavy (non-hydrogen) atoms. The number of para-hydroxylation sites is 1. The molecule has 4 aromatic rings. The lowest BCUT2D eigenvalue weighted by Gasteiger charge is -2.12. The fourth-order valence-electron chi connectivity index (χ4n) is 3.21. The van der Waals surface area contributed by atoms with E-state index >= 15 is 0 Å². The van der Waals surface area contributed by atoms with Gasteiger partial charge in [-0.1, -0.05) is 48.5 Å². The standard InChI is InChI=1S/C21H15BrN2O2/c22-20-18-8-4-5-9-19(18)23(14-15-6-2-1-3-7-15)21(20)16-10-12-17(13-11-16)24(25)26/h1-13H,14H2. The van der Waals surface area contributed by atoms with Crippen molar-refractivity contribution in [1.82, 2.24) is 4.57 Å². The monoisotopic (exact) mass is 406 g/mol. The second-order valence-corrected chi connectivity index (χ2v) is 6.85. The lowest BCUT2D eigenvalue weighted by atomic mass is 10.1. The Morgan fingerprint density at radius 3 is 2.23 bits per heavy atom. The van der Waals surface area contributed by atoms with E-state index in [1.165, 1.54) is 5.56 Å². The third kappa shape index (κ3) is 2.91. The zero-order valence-corrected chi connectivity index (χ0v) is 15.4. The maximum atomic E-state index is 11.0. The molecule has 0 saturated heterocycles. The van der Waals surface area contributed by atoms with Gasteiger partial charge in [-0.2, -0.15) is 0 Å². The van der Waals surface area contributed by atoms with Crippen molar-refractivity contribution in [1.29, 1.82) is 0 Å². The minimum absolute atomic E-state index is 0.0931. The summed E-state index contributed by atoms with van der Waals surface area (Å²) in [5.74, 6) is 0. The highest BCUT2D eigenvalue weighted by atomic mass is 79.9. The molecule has 128 valence electrons. The fourth-order valence-corrected chi connectivity index (χ4v) is 3.99. The van der Waals surface area contributed by atoms with Crippen molar-refractivity contribution >= 4 is 32.5 Å². The van der Waals surface area contributed by atoms with Crippen molar-refractivity contribution in [2.75, 3.05) is 0 Å². The average Bonchev–Trinajstić information content (AvgIpc) is 2.95. The number of hydrogen-bond donors (Lipinski definition) is 0. The predicted octanol–water partition coefficient (Wildman–Crippen LogP) is 6.03. The summed E-state index contributed by atoms with van der Waals surface area (Å²) in [6.45, 7) is 0.722. The SMILES string of the molecule is O=[N+]([O-])c1ccc(-c2c(Br)c3ccccc3n2Cc2ccccc2)cc1. The fraction of sp³-hybridized carbons (Fsp3) is 0.0476. The van der Waals surface area contributed by atoms with Crippen LogP contribution in [-0.2, 0) is 6.54 Å². The Morgan fingerprint density at radius 2 is 1.54 bits per heavy atom. The molecule has 0 N–H and O–H groups in total. The minimum Gasteiger partial charge on any atom is -0.335 e. The largest absolute Gasteiger partial charge is 0.335 e. The summed E-state index contributed by atoms with van der Waals surface area (Å²) < 4.78 is 3.24. The van der Waals surface area contributed by atoms with Crippen LogP contribution in [0.2, 0.25) is 0 Å². The topological polar surface area (TPSA) is 48.1 Å². The number of fused-ring (bicyclic) bond motifs is 1. The molecule has 0 fully saturated rings. The second kappa shape index (κ2) is 6.77. The molecule has 0 aliphatic heterocycles. The van der Waals surface area contributed by atoms with Gasteiger partial charge < -0.3 is 4.57 Å². The quantitative estimate of drug-likeness (QED) is 0.307. The lowest BCUT2D eigenvalue weighted by Crippen LogP contribution is -2.02. The van der Waals surface area contributed by atoms with Gasteiger partial charge in [-0.05, 0) is 45.3 Å². The third-order valence-electron chi connectivity index (χ3n) is 4.44. The first-order chi connectivity index (χ1) is 12.6. The molecule has 0 aliphatic carbocycles.